The normalized spacial score (nSPS) is 21.7. The van der Waals surface area contributed by atoms with E-state index in [1.807, 2.05) is 0 Å². The van der Waals surface area contributed by atoms with E-state index in [9.17, 15) is 8.78 Å². The number of nitrogens with two attached hydrogens (primary N) is 1. The fourth-order valence-electron chi connectivity index (χ4n) is 2.16. The molecule has 1 fully saturated rings. The molecular formula is C12H16F2N2O. The maximum atomic E-state index is 13.6. The maximum Gasteiger partial charge on any atom is 0.128 e. The van der Waals surface area contributed by atoms with Crippen molar-refractivity contribution in [2.75, 3.05) is 6.61 Å². The zero-order valence-electron chi connectivity index (χ0n) is 9.46. The van der Waals surface area contributed by atoms with Crippen LogP contribution in [0.15, 0.2) is 18.2 Å². The third-order valence-electron chi connectivity index (χ3n) is 3.06. The van der Waals surface area contributed by atoms with Crippen LogP contribution in [0.3, 0.4) is 0 Å². The fraction of sp³-hybridized carbons (Fsp3) is 0.500. The van der Waals surface area contributed by atoms with E-state index >= 15 is 0 Å². The van der Waals surface area contributed by atoms with Gasteiger partial charge >= 0.3 is 0 Å². The smallest absolute Gasteiger partial charge is 0.128 e. The van der Waals surface area contributed by atoms with E-state index in [1.165, 1.54) is 6.07 Å². The lowest BCUT2D eigenvalue weighted by Crippen LogP contribution is -2.31. The van der Waals surface area contributed by atoms with Crippen LogP contribution in [0.25, 0.3) is 0 Å². The molecule has 2 unspecified atom stereocenters. The summed E-state index contributed by atoms with van der Waals surface area (Å²) in [6.45, 7) is 0.730. The van der Waals surface area contributed by atoms with Crippen molar-refractivity contribution in [3.05, 3.63) is 35.4 Å². The number of nitrogens with one attached hydrogen (secondary N) is 1. The van der Waals surface area contributed by atoms with Gasteiger partial charge in [0.05, 0.1) is 12.1 Å². The Kier molecular flexibility index (Phi) is 4.04. The zero-order chi connectivity index (χ0) is 12.3. The Hall–Kier alpha value is -1.04. The quantitative estimate of drug-likeness (QED) is 0.627. The molecule has 94 valence electrons. The van der Waals surface area contributed by atoms with E-state index in [0.717, 1.165) is 31.6 Å². The summed E-state index contributed by atoms with van der Waals surface area (Å²) in [7, 11) is 0. The second kappa shape index (κ2) is 5.53. The largest absolute Gasteiger partial charge is 0.378 e. The third-order valence-corrected chi connectivity index (χ3v) is 3.06. The molecule has 0 aliphatic carbocycles. The van der Waals surface area contributed by atoms with Crippen LogP contribution in [0, 0.1) is 11.6 Å². The molecule has 3 N–H and O–H groups in total. The average molecular weight is 242 g/mol. The number of halogens is 2. The number of hydrazine groups is 1. The molecule has 5 heteroatoms. The maximum absolute atomic E-state index is 13.6. The SMILES string of the molecule is NNC(CC1CCCO1)c1cc(F)ccc1F. The van der Waals surface area contributed by atoms with Crippen molar-refractivity contribution in [1.82, 2.24) is 5.43 Å². The lowest BCUT2D eigenvalue weighted by Gasteiger charge is -2.20. The Balaban J connectivity index is 2.13. The van der Waals surface area contributed by atoms with Crippen molar-refractivity contribution in [3.8, 4) is 0 Å². The summed E-state index contributed by atoms with van der Waals surface area (Å²) < 4.78 is 32.1. The van der Waals surface area contributed by atoms with Gasteiger partial charge < -0.3 is 4.74 Å². The zero-order valence-corrected chi connectivity index (χ0v) is 9.46. The summed E-state index contributed by atoms with van der Waals surface area (Å²) in [6.07, 6.45) is 2.57. The van der Waals surface area contributed by atoms with Crippen LogP contribution in [0.1, 0.15) is 30.9 Å². The van der Waals surface area contributed by atoms with Crippen molar-refractivity contribution in [2.24, 2.45) is 5.84 Å². The van der Waals surface area contributed by atoms with Gasteiger partial charge in [-0.3, -0.25) is 11.3 Å². The van der Waals surface area contributed by atoms with Gasteiger partial charge in [0.25, 0.3) is 0 Å². The van der Waals surface area contributed by atoms with Gasteiger partial charge in [-0.25, -0.2) is 8.78 Å². The molecule has 0 amide bonds. The summed E-state index contributed by atoms with van der Waals surface area (Å²) in [5.74, 6) is 4.49. The highest BCUT2D eigenvalue weighted by atomic mass is 19.1. The highest BCUT2D eigenvalue weighted by Crippen LogP contribution is 2.26. The lowest BCUT2D eigenvalue weighted by atomic mass is 9.99. The minimum Gasteiger partial charge on any atom is -0.378 e. The van der Waals surface area contributed by atoms with Gasteiger partial charge in [-0.05, 0) is 37.5 Å². The van der Waals surface area contributed by atoms with Crippen LogP contribution < -0.4 is 11.3 Å². The van der Waals surface area contributed by atoms with Gasteiger partial charge in [0.1, 0.15) is 11.6 Å². The van der Waals surface area contributed by atoms with E-state index in [4.69, 9.17) is 10.6 Å². The molecule has 3 nitrogen and oxygen atoms in total. The molecule has 0 aromatic heterocycles. The molecule has 1 heterocycles. The predicted molar refractivity (Wildman–Crippen MR) is 60.0 cm³/mol. The van der Waals surface area contributed by atoms with Gasteiger partial charge in [0.2, 0.25) is 0 Å². The number of hydrogen-bond donors (Lipinski definition) is 2. The fourth-order valence-corrected chi connectivity index (χ4v) is 2.16. The van der Waals surface area contributed by atoms with Crippen LogP contribution in [-0.2, 0) is 4.74 Å². The molecule has 0 spiro atoms. The van der Waals surface area contributed by atoms with Gasteiger partial charge in [-0.1, -0.05) is 0 Å². The molecule has 0 radical (unpaired) electrons. The Morgan fingerprint density at radius 1 is 1.47 bits per heavy atom. The lowest BCUT2D eigenvalue weighted by molar-refractivity contribution is 0.0941. The second-order valence-electron chi connectivity index (χ2n) is 4.26. The molecule has 1 aromatic rings. The predicted octanol–water partition coefficient (Wildman–Crippen LogP) is 2.04. The van der Waals surface area contributed by atoms with Crippen molar-refractivity contribution < 1.29 is 13.5 Å². The molecular weight excluding hydrogens is 226 g/mol. The minimum absolute atomic E-state index is 0.0683. The first-order valence-corrected chi connectivity index (χ1v) is 5.73. The highest BCUT2D eigenvalue weighted by Gasteiger charge is 2.23. The first-order chi connectivity index (χ1) is 8.20. The van der Waals surface area contributed by atoms with Crippen molar-refractivity contribution in [2.45, 2.75) is 31.4 Å². The number of hydrogen-bond acceptors (Lipinski definition) is 3. The second-order valence-corrected chi connectivity index (χ2v) is 4.26. The van der Waals surface area contributed by atoms with E-state index < -0.39 is 17.7 Å². The first-order valence-electron chi connectivity index (χ1n) is 5.73. The Labute approximate surface area is 98.9 Å². The van der Waals surface area contributed by atoms with E-state index in [2.05, 4.69) is 5.43 Å². The average Bonchev–Trinajstić information content (AvgIpc) is 2.82. The van der Waals surface area contributed by atoms with Gasteiger partial charge in [-0.2, -0.15) is 0 Å². The van der Waals surface area contributed by atoms with Gasteiger partial charge in [0.15, 0.2) is 0 Å². The Morgan fingerprint density at radius 3 is 2.94 bits per heavy atom. The summed E-state index contributed by atoms with van der Waals surface area (Å²) in [5, 5.41) is 0. The number of ether oxygens (including phenoxy) is 1. The topological polar surface area (TPSA) is 47.3 Å². The van der Waals surface area contributed by atoms with Crippen molar-refractivity contribution in [3.63, 3.8) is 0 Å². The third kappa shape index (κ3) is 3.00. The summed E-state index contributed by atoms with van der Waals surface area (Å²) >= 11 is 0. The highest BCUT2D eigenvalue weighted by molar-refractivity contribution is 5.22. The van der Waals surface area contributed by atoms with Gasteiger partial charge in [0, 0.05) is 12.2 Å². The summed E-state index contributed by atoms with van der Waals surface area (Å²) in [6, 6.07) is 2.96. The standard InChI is InChI=1S/C12H16F2N2O/c13-8-3-4-11(14)10(6-8)12(16-15)7-9-2-1-5-17-9/h3-4,6,9,12,16H,1-2,5,7,15H2. The molecule has 1 saturated heterocycles. The molecule has 17 heavy (non-hydrogen) atoms. The molecule has 0 saturated carbocycles. The van der Waals surface area contributed by atoms with Crippen molar-refractivity contribution >= 4 is 0 Å². The summed E-state index contributed by atoms with van der Waals surface area (Å²) in [5.41, 5.74) is 2.78. The minimum atomic E-state index is -0.464. The Morgan fingerprint density at radius 2 is 2.29 bits per heavy atom. The Bertz CT molecular complexity index is 381. The monoisotopic (exact) mass is 242 g/mol. The van der Waals surface area contributed by atoms with Crippen LogP contribution in [-0.4, -0.2) is 12.7 Å². The molecule has 1 aliphatic heterocycles. The molecule has 2 atom stereocenters. The molecule has 2 rings (SSSR count). The van der Waals surface area contributed by atoms with Crippen molar-refractivity contribution in [1.29, 1.82) is 0 Å². The van der Waals surface area contributed by atoms with Crippen LogP contribution in [0.5, 0.6) is 0 Å². The van der Waals surface area contributed by atoms with Crippen LogP contribution in [0.4, 0.5) is 8.78 Å². The first kappa shape index (κ1) is 12.4. The molecule has 1 aliphatic rings. The number of benzene rings is 1. The van der Waals surface area contributed by atoms with Crippen LogP contribution in [0.2, 0.25) is 0 Å². The van der Waals surface area contributed by atoms with E-state index in [-0.39, 0.29) is 11.7 Å². The van der Waals surface area contributed by atoms with E-state index in [1.54, 1.807) is 0 Å². The number of rotatable bonds is 4. The van der Waals surface area contributed by atoms with Gasteiger partial charge in [-0.15, -0.1) is 0 Å². The van der Waals surface area contributed by atoms with E-state index in [0.29, 0.717) is 6.42 Å². The molecule has 0 bridgehead atoms. The van der Waals surface area contributed by atoms with Crippen LogP contribution >= 0.6 is 0 Å². The molecule has 1 aromatic carbocycles. The summed E-state index contributed by atoms with van der Waals surface area (Å²) in [4.78, 5) is 0.